The minimum atomic E-state index is -1.82. The molecule has 9 rings (SSSR count). The molecule has 6 unspecified atom stereocenters. The van der Waals surface area contributed by atoms with Gasteiger partial charge in [0.1, 0.15) is 35.7 Å². The van der Waals surface area contributed by atoms with Gasteiger partial charge in [-0.3, -0.25) is 19.3 Å². The highest BCUT2D eigenvalue weighted by molar-refractivity contribution is 6.12. The highest BCUT2D eigenvalue weighted by Crippen LogP contribution is 2.65. The van der Waals surface area contributed by atoms with Gasteiger partial charge in [0.05, 0.1) is 48.7 Å². The third-order valence-electron chi connectivity index (χ3n) is 11.6. The van der Waals surface area contributed by atoms with Crippen LogP contribution in [0.3, 0.4) is 0 Å². The molecule has 0 bridgehead atoms. The Morgan fingerprint density at radius 3 is 2.36 bits per heavy atom. The van der Waals surface area contributed by atoms with Gasteiger partial charge in [0, 0.05) is 16.8 Å². The first-order valence-corrected chi connectivity index (χ1v) is 19.9. The first-order valence-electron chi connectivity index (χ1n) is 19.9. The molecule has 3 aliphatic rings. The van der Waals surface area contributed by atoms with E-state index in [1.54, 1.807) is 30.3 Å². The van der Waals surface area contributed by atoms with E-state index in [4.69, 9.17) is 15.2 Å². The molecular weight excluding hydrogens is 775 g/mol. The first-order chi connectivity index (χ1) is 29.8. The van der Waals surface area contributed by atoms with Gasteiger partial charge in [-0.1, -0.05) is 103 Å². The summed E-state index contributed by atoms with van der Waals surface area (Å²) in [6.07, 6.45) is -0.867. The lowest BCUT2D eigenvalue weighted by Crippen LogP contribution is -2.54. The van der Waals surface area contributed by atoms with Gasteiger partial charge in [-0.05, 0) is 53.1 Å². The monoisotopic (exact) mass is 815 g/mol. The second kappa shape index (κ2) is 16.3. The summed E-state index contributed by atoms with van der Waals surface area (Å²) in [7, 11) is 0. The maximum absolute atomic E-state index is 15.5. The number of urea groups is 1. The Labute approximate surface area is 350 Å². The van der Waals surface area contributed by atoms with Crippen molar-refractivity contribution < 1.29 is 33.8 Å². The molecule has 7 N–H and O–H groups in total. The Hall–Kier alpha value is -7.47. The molecule has 2 fully saturated rings. The van der Waals surface area contributed by atoms with Crippen molar-refractivity contribution in [1.82, 2.24) is 25.5 Å². The minimum absolute atomic E-state index is 0.0267. The number of hydrogen-bond acceptors (Lipinski definition) is 9. The summed E-state index contributed by atoms with van der Waals surface area (Å²) < 4.78 is 12.7. The lowest BCUT2D eigenvalue weighted by atomic mass is 9.65. The number of nitrogens with two attached hydrogens (primary N) is 1. The number of imidazole rings is 1. The zero-order valence-electron chi connectivity index (χ0n) is 32.7. The van der Waals surface area contributed by atoms with Crippen LogP contribution in [-0.4, -0.2) is 69.6 Å². The van der Waals surface area contributed by atoms with Gasteiger partial charge in [-0.15, -0.1) is 0 Å². The molecule has 6 atom stereocenters. The molecule has 0 aliphatic carbocycles. The van der Waals surface area contributed by atoms with Crippen molar-refractivity contribution in [3.8, 4) is 17.6 Å². The van der Waals surface area contributed by atoms with Crippen LogP contribution < -0.4 is 26.4 Å². The topological polar surface area (TPSA) is 201 Å². The summed E-state index contributed by atoms with van der Waals surface area (Å²) >= 11 is 0. The highest BCUT2D eigenvalue weighted by Gasteiger charge is 2.74. The molecule has 0 saturated carbocycles. The molecular formula is C47H41N7O7. The maximum atomic E-state index is 15.5. The van der Waals surface area contributed by atoms with Crippen LogP contribution in [0.2, 0.25) is 0 Å². The van der Waals surface area contributed by atoms with Crippen LogP contribution in [-0.2, 0) is 31.1 Å². The Morgan fingerprint density at radius 1 is 0.885 bits per heavy atom. The number of nitrogens with zero attached hydrogens (tertiary/aromatic N) is 2. The van der Waals surface area contributed by atoms with E-state index in [0.29, 0.717) is 39.5 Å². The molecule has 5 aromatic carbocycles. The van der Waals surface area contributed by atoms with Crippen molar-refractivity contribution in [3.63, 3.8) is 0 Å². The Kier molecular flexibility index (Phi) is 10.4. The minimum Gasteiger partial charge on any atom is -0.491 e. The number of fused-ring (bicyclic) bond motifs is 4. The number of H-pyrrole nitrogens is 1. The Bertz CT molecular complexity index is 2680. The number of aromatic nitrogens is 2. The van der Waals surface area contributed by atoms with Gasteiger partial charge in [0.15, 0.2) is 0 Å². The van der Waals surface area contributed by atoms with E-state index < -0.39 is 59.4 Å². The Morgan fingerprint density at radius 2 is 1.61 bits per heavy atom. The number of nitrogens with one attached hydrogen (secondary N) is 4. The van der Waals surface area contributed by atoms with Gasteiger partial charge in [0.25, 0.3) is 0 Å². The van der Waals surface area contributed by atoms with E-state index in [1.807, 2.05) is 102 Å². The van der Waals surface area contributed by atoms with Crippen LogP contribution in [0, 0.1) is 17.8 Å². The summed E-state index contributed by atoms with van der Waals surface area (Å²) in [6, 6.07) is 35.0. The van der Waals surface area contributed by atoms with Crippen molar-refractivity contribution in [2.75, 3.05) is 25.1 Å². The number of para-hydroxylation sites is 3. The number of anilines is 1. The molecule has 1 spiro atoms. The lowest BCUT2D eigenvalue weighted by Gasteiger charge is -2.46. The highest BCUT2D eigenvalue weighted by atomic mass is 16.6. The van der Waals surface area contributed by atoms with E-state index in [-0.39, 0.29) is 26.3 Å². The predicted octanol–water partition coefficient (Wildman–Crippen LogP) is 4.54. The number of carbonyl (C=O) groups is 4. The van der Waals surface area contributed by atoms with E-state index in [9.17, 15) is 9.90 Å². The summed E-state index contributed by atoms with van der Waals surface area (Å²) in [5.41, 5.74) is 8.32. The number of ether oxygens (including phenoxy) is 2. The molecule has 3 aliphatic heterocycles. The number of cyclic esters (lactones) is 1. The molecule has 61 heavy (non-hydrogen) atoms. The van der Waals surface area contributed by atoms with Crippen LogP contribution in [0.5, 0.6) is 5.75 Å². The smallest absolute Gasteiger partial charge is 0.324 e. The molecule has 4 heterocycles. The normalized spacial score (nSPS) is 22.7. The third kappa shape index (κ3) is 6.89. The van der Waals surface area contributed by atoms with E-state index >= 15 is 14.4 Å². The van der Waals surface area contributed by atoms with Gasteiger partial charge >= 0.3 is 12.0 Å². The van der Waals surface area contributed by atoms with Crippen LogP contribution in [0.1, 0.15) is 51.8 Å². The summed E-state index contributed by atoms with van der Waals surface area (Å²) in [4.78, 5) is 67.3. The first kappa shape index (κ1) is 39.0. The number of hydrogen-bond donors (Lipinski definition) is 6. The molecule has 4 amide bonds. The fourth-order valence-corrected chi connectivity index (χ4v) is 9.28. The van der Waals surface area contributed by atoms with Crippen LogP contribution in [0.25, 0.3) is 11.0 Å². The van der Waals surface area contributed by atoms with Crippen LogP contribution >= 0.6 is 0 Å². The average Bonchev–Trinajstić information content (AvgIpc) is 3.94. The second-order valence-electron chi connectivity index (χ2n) is 15.0. The summed E-state index contributed by atoms with van der Waals surface area (Å²) in [6.45, 7) is -0.403. The number of morpholine rings is 1. The molecule has 14 heteroatoms. The van der Waals surface area contributed by atoms with Crippen LogP contribution in [0.15, 0.2) is 127 Å². The van der Waals surface area contributed by atoms with Crippen molar-refractivity contribution in [2.45, 2.75) is 36.2 Å². The van der Waals surface area contributed by atoms with Crippen molar-refractivity contribution in [3.05, 3.63) is 161 Å². The third-order valence-corrected chi connectivity index (χ3v) is 11.6. The second-order valence-corrected chi connectivity index (χ2v) is 15.0. The molecule has 2 saturated heterocycles. The predicted molar refractivity (Wildman–Crippen MR) is 224 cm³/mol. The van der Waals surface area contributed by atoms with E-state index in [2.05, 4.69) is 37.8 Å². The number of esters is 1. The fraction of sp³-hybridized carbons (Fsp3) is 0.213. The van der Waals surface area contributed by atoms with Gasteiger partial charge < -0.3 is 41.2 Å². The van der Waals surface area contributed by atoms with E-state index in [1.165, 1.54) is 0 Å². The molecule has 6 aromatic rings. The zero-order chi connectivity index (χ0) is 42.1. The van der Waals surface area contributed by atoms with E-state index in [0.717, 1.165) is 16.6 Å². The Balaban J connectivity index is 1.30. The van der Waals surface area contributed by atoms with Crippen molar-refractivity contribution in [2.24, 2.45) is 11.7 Å². The summed E-state index contributed by atoms with van der Waals surface area (Å²) in [5, 5.41) is 18.5. The number of primary amides is 1. The number of carbonyl (C=O) groups excluding carboxylic acids is 4. The standard InChI is InChI=1S/C47H41N7O7/c48-46(59)49-23-11-12-28-21-22-33-32(26-28)47(45(58)53-33)38(43(56)50-27-37-51-34-18-8-9-19-35(34)52-37)40-44(57)61-41(30-15-5-2-6-16-30)39(29-13-3-1-4-14-29)54(40)42(47)31-17-7-10-20-36(31)60-25-24-55/h1-10,13-22,26,38-42,55H,23-25,27H2,(H,50,56)(H,51,52)(H,53,58)(H3,48,49,59). The average molecular weight is 816 g/mol. The molecule has 1 aromatic heterocycles. The largest absolute Gasteiger partial charge is 0.491 e. The lowest BCUT2D eigenvalue weighted by molar-refractivity contribution is -0.178. The van der Waals surface area contributed by atoms with Crippen LogP contribution in [0.4, 0.5) is 10.5 Å². The number of benzene rings is 5. The van der Waals surface area contributed by atoms with Crippen molar-refractivity contribution in [1.29, 1.82) is 0 Å². The molecule has 0 radical (unpaired) electrons. The number of amides is 4. The van der Waals surface area contributed by atoms with Gasteiger partial charge in [0.2, 0.25) is 11.8 Å². The summed E-state index contributed by atoms with van der Waals surface area (Å²) in [5.74, 6) is 3.61. The maximum Gasteiger partial charge on any atom is 0.324 e. The van der Waals surface area contributed by atoms with Crippen molar-refractivity contribution >= 4 is 40.5 Å². The fourth-order valence-electron chi connectivity index (χ4n) is 9.28. The number of aliphatic hydroxyl groups excluding tert-OH is 1. The SMILES string of the molecule is NC(=O)NCC#Cc1ccc2c(c1)C1(C(=O)N2)C(C(=O)NCc2nc3ccccc3[nH]2)C2C(=O)OC(c3ccccc3)C(c3ccccc3)N2C1c1ccccc1OCCO. The number of aliphatic hydroxyl groups is 1. The quantitative estimate of drug-likeness (QED) is 0.0849. The number of rotatable bonds is 10. The zero-order valence-corrected chi connectivity index (χ0v) is 32.7. The number of aromatic amines is 1. The van der Waals surface area contributed by atoms with Gasteiger partial charge in [-0.2, -0.15) is 0 Å². The molecule has 14 nitrogen and oxygen atoms in total. The van der Waals surface area contributed by atoms with Gasteiger partial charge in [-0.25, -0.2) is 9.78 Å². The molecule has 306 valence electrons.